The van der Waals surface area contributed by atoms with E-state index < -0.39 is 0 Å². The number of carbonyl (C=O) groups is 1. The van der Waals surface area contributed by atoms with Crippen molar-refractivity contribution in [3.8, 4) is 0 Å². The molecule has 0 amide bonds. The predicted octanol–water partition coefficient (Wildman–Crippen LogP) is -0.142. The molecular formula is C9H16N4O2. The molecule has 6 nitrogen and oxygen atoms in total. The minimum absolute atomic E-state index is 0.168. The highest BCUT2D eigenvalue weighted by molar-refractivity contribution is 5.69. The van der Waals surface area contributed by atoms with Gasteiger partial charge in [0, 0.05) is 20.0 Å². The monoisotopic (exact) mass is 212 g/mol. The summed E-state index contributed by atoms with van der Waals surface area (Å²) < 4.78 is 6.25. The van der Waals surface area contributed by atoms with Gasteiger partial charge in [0.15, 0.2) is 0 Å². The van der Waals surface area contributed by atoms with E-state index >= 15 is 0 Å². The molecule has 0 saturated heterocycles. The van der Waals surface area contributed by atoms with Gasteiger partial charge in [-0.1, -0.05) is 5.21 Å². The molecule has 0 aliphatic rings. The van der Waals surface area contributed by atoms with Crippen molar-refractivity contribution in [2.75, 3.05) is 13.7 Å². The van der Waals surface area contributed by atoms with E-state index in [1.165, 1.54) is 7.11 Å². The second kappa shape index (κ2) is 6.13. The highest BCUT2D eigenvalue weighted by Gasteiger charge is 2.00. The summed E-state index contributed by atoms with van der Waals surface area (Å²) in [5.41, 5.74) is 1.02. The third-order valence-corrected chi connectivity index (χ3v) is 2.08. The molecule has 0 fully saturated rings. The highest BCUT2D eigenvalue weighted by atomic mass is 16.5. The maximum absolute atomic E-state index is 10.8. The maximum atomic E-state index is 10.8. The van der Waals surface area contributed by atoms with Crippen molar-refractivity contribution in [1.29, 1.82) is 0 Å². The Morgan fingerprint density at radius 3 is 3.07 bits per heavy atom. The molecule has 0 radical (unpaired) electrons. The molecular weight excluding hydrogens is 196 g/mol. The first-order chi connectivity index (χ1) is 7.24. The number of esters is 1. The van der Waals surface area contributed by atoms with Gasteiger partial charge in [0.05, 0.1) is 19.0 Å². The zero-order chi connectivity index (χ0) is 11.1. The van der Waals surface area contributed by atoms with Crippen LogP contribution in [0.15, 0.2) is 6.20 Å². The number of aryl methyl sites for hydroxylation is 1. The van der Waals surface area contributed by atoms with E-state index in [0.29, 0.717) is 13.0 Å². The minimum Gasteiger partial charge on any atom is -0.469 e. The van der Waals surface area contributed by atoms with Gasteiger partial charge in [0.1, 0.15) is 0 Å². The van der Waals surface area contributed by atoms with Gasteiger partial charge < -0.3 is 10.1 Å². The van der Waals surface area contributed by atoms with Gasteiger partial charge >= 0.3 is 5.97 Å². The van der Waals surface area contributed by atoms with Gasteiger partial charge in [-0.05, 0) is 13.0 Å². The second-order valence-corrected chi connectivity index (χ2v) is 3.21. The van der Waals surface area contributed by atoms with Crippen LogP contribution in [-0.4, -0.2) is 34.6 Å². The van der Waals surface area contributed by atoms with E-state index in [1.807, 2.05) is 7.05 Å². The predicted molar refractivity (Wildman–Crippen MR) is 54.0 cm³/mol. The van der Waals surface area contributed by atoms with Crippen LogP contribution in [0.25, 0.3) is 0 Å². The summed E-state index contributed by atoms with van der Waals surface area (Å²) in [4.78, 5) is 10.8. The summed E-state index contributed by atoms with van der Waals surface area (Å²) in [5.74, 6) is -0.168. The fourth-order valence-electron chi connectivity index (χ4n) is 1.15. The molecule has 84 valence electrons. The number of hydrogen-bond donors (Lipinski definition) is 1. The molecule has 1 N–H and O–H groups in total. The fourth-order valence-corrected chi connectivity index (χ4v) is 1.15. The van der Waals surface area contributed by atoms with Crippen LogP contribution >= 0.6 is 0 Å². The van der Waals surface area contributed by atoms with Crippen LogP contribution in [0.2, 0.25) is 0 Å². The van der Waals surface area contributed by atoms with Crippen LogP contribution in [0.3, 0.4) is 0 Å². The highest BCUT2D eigenvalue weighted by Crippen LogP contribution is 1.94. The Bertz CT molecular complexity index is 311. The van der Waals surface area contributed by atoms with Gasteiger partial charge in [-0.2, -0.15) is 0 Å². The van der Waals surface area contributed by atoms with Gasteiger partial charge in [0.25, 0.3) is 0 Å². The van der Waals surface area contributed by atoms with E-state index in [9.17, 15) is 4.79 Å². The Morgan fingerprint density at radius 2 is 2.47 bits per heavy atom. The van der Waals surface area contributed by atoms with E-state index in [4.69, 9.17) is 0 Å². The van der Waals surface area contributed by atoms with Crippen molar-refractivity contribution in [2.24, 2.45) is 7.05 Å². The molecule has 0 aliphatic carbocycles. The summed E-state index contributed by atoms with van der Waals surface area (Å²) in [6, 6.07) is 0. The molecule has 1 aromatic heterocycles. The largest absolute Gasteiger partial charge is 0.469 e. The Kier molecular flexibility index (Phi) is 4.76. The lowest BCUT2D eigenvalue weighted by Crippen LogP contribution is -2.18. The van der Waals surface area contributed by atoms with Gasteiger partial charge in [-0.25, -0.2) is 0 Å². The molecule has 0 spiro atoms. The first kappa shape index (κ1) is 11.6. The van der Waals surface area contributed by atoms with Crippen LogP contribution < -0.4 is 5.32 Å². The quantitative estimate of drug-likeness (QED) is 0.525. The average Bonchev–Trinajstić information content (AvgIpc) is 2.63. The molecule has 15 heavy (non-hydrogen) atoms. The number of aromatic nitrogens is 3. The minimum atomic E-state index is -0.168. The summed E-state index contributed by atoms with van der Waals surface area (Å²) in [6.45, 7) is 1.49. The van der Waals surface area contributed by atoms with Crippen molar-refractivity contribution in [2.45, 2.75) is 19.4 Å². The summed E-state index contributed by atoms with van der Waals surface area (Å²) in [5, 5.41) is 10.8. The number of nitrogens with zero attached hydrogens (tertiary/aromatic N) is 3. The third-order valence-electron chi connectivity index (χ3n) is 2.08. The van der Waals surface area contributed by atoms with E-state index in [0.717, 1.165) is 18.7 Å². The zero-order valence-electron chi connectivity index (χ0n) is 9.06. The number of hydrogen-bond acceptors (Lipinski definition) is 5. The molecule has 1 aromatic rings. The lowest BCUT2D eigenvalue weighted by Gasteiger charge is -2.03. The number of carbonyl (C=O) groups excluding carboxylic acids is 1. The standard InChI is InChI=1S/C9H16N4O2/c1-13-8(7-11-12-13)6-10-5-3-4-9(14)15-2/h7,10H,3-6H2,1-2H3. The van der Waals surface area contributed by atoms with E-state index in [1.54, 1.807) is 10.9 Å². The molecule has 0 aliphatic heterocycles. The van der Waals surface area contributed by atoms with Crippen LogP contribution in [0.1, 0.15) is 18.5 Å². The lowest BCUT2D eigenvalue weighted by molar-refractivity contribution is -0.140. The first-order valence-corrected chi connectivity index (χ1v) is 4.85. The van der Waals surface area contributed by atoms with Crippen LogP contribution in [-0.2, 0) is 23.1 Å². The topological polar surface area (TPSA) is 69.0 Å². The van der Waals surface area contributed by atoms with Crippen LogP contribution in [0.4, 0.5) is 0 Å². The van der Waals surface area contributed by atoms with E-state index in [-0.39, 0.29) is 5.97 Å². The van der Waals surface area contributed by atoms with Crippen molar-refractivity contribution in [3.05, 3.63) is 11.9 Å². The van der Waals surface area contributed by atoms with Gasteiger partial charge in [-0.15, -0.1) is 5.10 Å². The van der Waals surface area contributed by atoms with Crippen LogP contribution in [0.5, 0.6) is 0 Å². The number of rotatable bonds is 6. The SMILES string of the molecule is COC(=O)CCCNCc1cnnn1C. The van der Waals surface area contributed by atoms with Crippen molar-refractivity contribution >= 4 is 5.97 Å². The fraction of sp³-hybridized carbons (Fsp3) is 0.667. The second-order valence-electron chi connectivity index (χ2n) is 3.21. The first-order valence-electron chi connectivity index (χ1n) is 4.85. The number of ether oxygens (including phenoxy) is 1. The zero-order valence-corrected chi connectivity index (χ0v) is 9.06. The Morgan fingerprint density at radius 1 is 1.67 bits per heavy atom. The Labute approximate surface area is 88.6 Å². The molecule has 1 rings (SSSR count). The number of nitrogens with one attached hydrogen (secondary N) is 1. The van der Waals surface area contributed by atoms with Gasteiger partial charge in [0.2, 0.25) is 0 Å². The van der Waals surface area contributed by atoms with Crippen molar-refractivity contribution in [3.63, 3.8) is 0 Å². The summed E-state index contributed by atoms with van der Waals surface area (Å²) in [6.07, 6.45) is 2.94. The normalized spacial score (nSPS) is 10.3. The lowest BCUT2D eigenvalue weighted by atomic mass is 10.3. The van der Waals surface area contributed by atoms with Crippen molar-refractivity contribution < 1.29 is 9.53 Å². The van der Waals surface area contributed by atoms with Crippen LogP contribution in [0, 0.1) is 0 Å². The molecule has 0 bridgehead atoms. The molecule has 0 aromatic carbocycles. The average molecular weight is 212 g/mol. The molecule has 0 atom stereocenters. The van der Waals surface area contributed by atoms with E-state index in [2.05, 4.69) is 20.4 Å². The van der Waals surface area contributed by atoms with Crippen molar-refractivity contribution in [1.82, 2.24) is 20.3 Å². The molecule has 1 heterocycles. The maximum Gasteiger partial charge on any atom is 0.305 e. The molecule has 6 heteroatoms. The Balaban J connectivity index is 2.07. The summed E-state index contributed by atoms with van der Waals surface area (Å²) >= 11 is 0. The third kappa shape index (κ3) is 4.07. The number of methoxy groups -OCH3 is 1. The van der Waals surface area contributed by atoms with Gasteiger partial charge in [-0.3, -0.25) is 9.48 Å². The summed E-state index contributed by atoms with van der Waals surface area (Å²) in [7, 11) is 3.25. The Hall–Kier alpha value is -1.43. The smallest absolute Gasteiger partial charge is 0.305 e. The molecule has 0 saturated carbocycles. The molecule has 0 unspecified atom stereocenters.